The molecular formula is C12H14N2. The molecule has 1 aromatic carbocycles. The van der Waals surface area contributed by atoms with E-state index < -0.39 is 0 Å². The number of rotatable bonds is 1. The van der Waals surface area contributed by atoms with Crippen LogP contribution in [0.1, 0.15) is 17.7 Å². The molecule has 0 atom stereocenters. The molecule has 2 heteroatoms. The summed E-state index contributed by atoms with van der Waals surface area (Å²) < 4.78 is 0. The summed E-state index contributed by atoms with van der Waals surface area (Å²) >= 11 is 0. The molecule has 2 N–H and O–H groups in total. The van der Waals surface area contributed by atoms with Crippen LogP contribution in [-0.4, -0.2) is 12.0 Å². The number of anilines is 1. The Hall–Kier alpha value is -1.44. The lowest BCUT2D eigenvalue weighted by Gasteiger charge is -2.01. The first-order valence-electron chi connectivity index (χ1n) is 5.20. The maximum atomic E-state index is 3.53. The summed E-state index contributed by atoms with van der Waals surface area (Å²) in [5.41, 5.74) is 5.47. The number of H-pyrrole nitrogens is 1. The molecule has 72 valence electrons. The van der Waals surface area contributed by atoms with Gasteiger partial charge in [-0.25, -0.2) is 0 Å². The molecule has 0 fully saturated rings. The molecule has 1 aromatic heterocycles. The van der Waals surface area contributed by atoms with Crippen LogP contribution in [0.3, 0.4) is 0 Å². The number of hydrogen-bond donors (Lipinski definition) is 2. The van der Waals surface area contributed by atoms with E-state index in [9.17, 15) is 0 Å². The predicted molar refractivity (Wildman–Crippen MR) is 59.9 cm³/mol. The fourth-order valence-corrected chi connectivity index (χ4v) is 2.48. The number of nitrogens with one attached hydrogen (secondary N) is 2. The average Bonchev–Trinajstić information content (AvgIpc) is 2.76. The highest BCUT2D eigenvalue weighted by Crippen LogP contribution is 2.33. The number of para-hydroxylation sites is 1. The Balaban J connectivity index is 2.36. The third-order valence-corrected chi connectivity index (χ3v) is 3.15. The Bertz CT molecular complexity index is 482. The molecule has 0 amide bonds. The largest absolute Gasteiger partial charge is 0.386 e. The summed E-state index contributed by atoms with van der Waals surface area (Å²) in [5, 5.41) is 4.63. The van der Waals surface area contributed by atoms with Crippen molar-refractivity contribution in [3.05, 3.63) is 29.5 Å². The van der Waals surface area contributed by atoms with Crippen molar-refractivity contribution in [1.29, 1.82) is 0 Å². The van der Waals surface area contributed by atoms with Crippen molar-refractivity contribution in [2.24, 2.45) is 0 Å². The summed E-state index contributed by atoms with van der Waals surface area (Å²) in [6.07, 6.45) is 3.76. The summed E-state index contributed by atoms with van der Waals surface area (Å²) in [6.45, 7) is 0. The second-order valence-electron chi connectivity index (χ2n) is 3.91. The molecule has 2 aromatic rings. The molecule has 0 bridgehead atoms. The van der Waals surface area contributed by atoms with Gasteiger partial charge in [0.15, 0.2) is 0 Å². The Morgan fingerprint density at radius 2 is 2.21 bits per heavy atom. The predicted octanol–water partition coefficient (Wildman–Crippen LogP) is 2.70. The van der Waals surface area contributed by atoms with Crippen molar-refractivity contribution in [2.45, 2.75) is 19.3 Å². The molecule has 0 aliphatic heterocycles. The lowest BCUT2D eigenvalue weighted by molar-refractivity contribution is 0.899. The zero-order chi connectivity index (χ0) is 9.54. The minimum atomic E-state index is 1.21. The van der Waals surface area contributed by atoms with Crippen LogP contribution in [-0.2, 0) is 12.8 Å². The summed E-state index contributed by atoms with van der Waals surface area (Å²) in [7, 11) is 1.97. The van der Waals surface area contributed by atoms with E-state index in [1.807, 2.05) is 7.05 Å². The number of aromatic amines is 1. The molecule has 2 nitrogen and oxygen atoms in total. The topological polar surface area (TPSA) is 27.8 Å². The van der Waals surface area contributed by atoms with Gasteiger partial charge in [0.1, 0.15) is 0 Å². The first-order valence-corrected chi connectivity index (χ1v) is 5.20. The number of hydrogen-bond acceptors (Lipinski definition) is 1. The van der Waals surface area contributed by atoms with Gasteiger partial charge in [0.2, 0.25) is 0 Å². The van der Waals surface area contributed by atoms with Gasteiger partial charge in [-0.05, 0) is 30.9 Å². The van der Waals surface area contributed by atoms with Crippen molar-refractivity contribution in [1.82, 2.24) is 4.98 Å². The van der Waals surface area contributed by atoms with Crippen LogP contribution in [0.2, 0.25) is 0 Å². The smallest absolute Gasteiger partial charge is 0.0694 e. The summed E-state index contributed by atoms with van der Waals surface area (Å²) in [4.78, 5) is 3.53. The maximum Gasteiger partial charge on any atom is 0.0694 e. The van der Waals surface area contributed by atoms with E-state index in [1.54, 1.807) is 0 Å². The molecule has 0 saturated heterocycles. The van der Waals surface area contributed by atoms with Gasteiger partial charge < -0.3 is 10.3 Å². The fourth-order valence-electron chi connectivity index (χ4n) is 2.48. The van der Waals surface area contributed by atoms with Crippen LogP contribution < -0.4 is 5.32 Å². The zero-order valence-corrected chi connectivity index (χ0v) is 8.35. The van der Waals surface area contributed by atoms with Crippen LogP contribution in [0.25, 0.3) is 10.9 Å². The number of benzene rings is 1. The van der Waals surface area contributed by atoms with E-state index in [0.717, 1.165) is 0 Å². The van der Waals surface area contributed by atoms with Crippen molar-refractivity contribution < 1.29 is 0 Å². The van der Waals surface area contributed by atoms with E-state index in [2.05, 4.69) is 28.5 Å². The third-order valence-electron chi connectivity index (χ3n) is 3.15. The molecule has 3 rings (SSSR count). The summed E-state index contributed by atoms with van der Waals surface area (Å²) in [6, 6.07) is 6.46. The number of fused-ring (bicyclic) bond motifs is 3. The fraction of sp³-hybridized carbons (Fsp3) is 0.333. The van der Waals surface area contributed by atoms with Gasteiger partial charge >= 0.3 is 0 Å². The molecule has 1 aliphatic rings. The normalized spacial score (nSPS) is 14.6. The van der Waals surface area contributed by atoms with E-state index in [0.29, 0.717) is 0 Å². The molecule has 1 aliphatic carbocycles. The molecule has 0 unspecified atom stereocenters. The van der Waals surface area contributed by atoms with Crippen molar-refractivity contribution >= 4 is 16.6 Å². The molecule has 1 heterocycles. The molecule has 14 heavy (non-hydrogen) atoms. The quantitative estimate of drug-likeness (QED) is 0.704. The standard InChI is InChI=1S/C12H14N2/c1-13-11-7-3-5-9-8-4-2-6-10(8)14-12(9)11/h3,5,7,13-14H,2,4,6H2,1H3. The highest BCUT2D eigenvalue weighted by molar-refractivity contribution is 5.94. The minimum Gasteiger partial charge on any atom is -0.386 e. The maximum absolute atomic E-state index is 3.53. The Kier molecular flexibility index (Phi) is 1.57. The lowest BCUT2D eigenvalue weighted by atomic mass is 10.1. The minimum absolute atomic E-state index is 1.21. The third kappa shape index (κ3) is 0.910. The monoisotopic (exact) mass is 186 g/mol. The van der Waals surface area contributed by atoms with Gasteiger partial charge in [-0.1, -0.05) is 12.1 Å². The van der Waals surface area contributed by atoms with Gasteiger partial charge in [0.05, 0.1) is 11.2 Å². The van der Waals surface area contributed by atoms with Crippen LogP contribution in [0.4, 0.5) is 5.69 Å². The van der Waals surface area contributed by atoms with E-state index >= 15 is 0 Å². The first-order chi connectivity index (χ1) is 6.90. The molecule has 0 saturated carbocycles. The van der Waals surface area contributed by atoms with Crippen LogP contribution in [0.5, 0.6) is 0 Å². The van der Waals surface area contributed by atoms with Gasteiger partial charge in [-0.3, -0.25) is 0 Å². The van der Waals surface area contributed by atoms with Crippen molar-refractivity contribution in [3.63, 3.8) is 0 Å². The second-order valence-corrected chi connectivity index (χ2v) is 3.91. The van der Waals surface area contributed by atoms with Crippen LogP contribution in [0, 0.1) is 0 Å². The van der Waals surface area contributed by atoms with Gasteiger partial charge in [0, 0.05) is 18.1 Å². The molecule has 0 radical (unpaired) electrons. The zero-order valence-electron chi connectivity index (χ0n) is 8.35. The van der Waals surface area contributed by atoms with Crippen molar-refractivity contribution in [2.75, 3.05) is 12.4 Å². The first kappa shape index (κ1) is 7.92. The highest BCUT2D eigenvalue weighted by Gasteiger charge is 2.17. The lowest BCUT2D eigenvalue weighted by Crippen LogP contribution is -1.89. The second kappa shape index (κ2) is 2.77. The SMILES string of the molecule is CNc1cccc2c3c([nH]c12)CCC3. The number of aryl methyl sites for hydroxylation is 2. The number of aromatic nitrogens is 1. The Morgan fingerprint density at radius 3 is 3.07 bits per heavy atom. The van der Waals surface area contributed by atoms with E-state index in [4.69, 9.17) is 0 Å². The van der Waals surface area contributed by atoms with Crippen LogP contribution >= 0.6 is 0 Å². The summed E-state index contributed by atoms with van der Waals surface area (Å²) in [5.74, 6) is 0. The van der Waals surface area contributed by atoms with E-state index in [-0.39, 0.29) is 0 Å². The molecule has 0 spiro atoms. The molecular weight excluding hydrogens is 172 g/mol. The van der Waals surface area contributed by atoms with Crippen molar-refractivity contribution in [3.8, 4) is 0 Å². The highest BCUT2D eigenvalue weighted by atomic mass is 14.9. The van der Waals surface area contributed by atoms with Crippen LogP contribution in [0.15, 0.2) is 18.2 Å². The Labute approximate surface area is 83.3 Å². The van der Waals surface area contributed by atoms with E-state index in [1.165, 1.54) is 47.1 Å². The van der Waals surface area contributed by atoms with Gasteiger partial charge in [-0.2, -0.15) is 0 Å². The van der Waals surface area contributed by atoms with Gasteiger partial charge in [0.25, 0.3) is 0 Å². The average molecular weight is 186 g/mol. The Morgan fingerprint density at radius 1 is 1.29 bits per heavy atom. The van der Waals surface area contributed by atoms with Gasteiger partial charge in [-0.15, -0.1) is 0 Å².